The molecule has 0 aliphatic rings. The van der Waals surface area contributed by atoms with Crippen LogP contribution in [0.5, 0.6) is 11.5 Å². The van der Waals surface area contributed by atoms with Gasteiger partial charge in [0.1, 0.15) is 0 Å². The molecule has 16 heavy (non-hydrogen) atoms. The lowest BCUT2D eigenvalue weighted by molar-refractivity contribution is 0.140. The molecule has 1 aromatic rings. The van der Waals surface area contributed by atoms with Gasteiger partial charge in [0.15, 0.2) is 11.5 Å². The first-order chi connectivity index (χ1) is 7.65. The molecule has 1 rings (SSSR count). The Morgan fingerprint density at radius 2 is 1.75 bits per heavy atom. The monoisotopic (exact) mass is 225 g/mol. The van der Waals surface area contributed by atoms with E-state index in [0.717, 1.165) is 22.6 Å². The summed E-state index contributed by atoms with van der Waals surface area (Å²) in [5.74, 6) is 6.59. The van der Waals surface area contributed by atoms with Crippen molar-refractivity contribution in [2.45, 2.75) is 20.3 Å². The Kier molecular flexibility index (Phi) is 4.58. The molecule has 0 spiro atoms. The fourth-order valence-electron chi connectivity index (χ4n) is 1.75. The first kappa shape index (κ1) is 12.8. The highest BCUT2D eigenvalue weighted by atomic mass is 16.6. The van der Waals surface area contributed by atoms with Crippen molar-refractivity contribution in [3.8, 4) is 11.5 Å². The number of ether oxygens (including phenoxy) is 2. The van der Waals surface area contributed by atoms with E-state index in [1.807, 2.05) is 13.8 Å². The second-order valence-corrected chi connectivity index (χ2v) is 3.66. The summed E-state index contributed by atoms with van der Waals surface area (Å²) < 4.78 is 10.8. The maximum atomic E-state index is 5.38. The van der Waals surface area contributed by atoms with Crippen LogP contribution in [-0.4, -0.2) is 20.8 Å². The average Bonchev–Trinajstić information content (AvgIpc) is 2.29. The molecular weight excluding hydrogens is 206 g/mol. The second kappa shape index (κ2) is 5.72. The van der Waals surface area contributed by atoms with Crippen LogP contribution in [-0.2, 0) is 11.3 Å². The highest BCUT2D eigenvalue weighted by Gasteiger charge is 2.14. The van der Waals surface area contributed by atoms with Gasteiger partial charge in [-0.1, -0.05) is 6.07 Å². The van der Waals surface area contributed by atoms with E-state index in [4.69, 9.17) is 15.4 Å². The number of rotatable bonds is 5. The minimum absolute atomic E-state index is 0.460. The lowest BCUT2D eigenvalue weighted by Gasteiger charge is -2.16. The first-order valence-electron chi connectivity index (χ1n) is 5.18. The van der Waals surface area contributed by atoms with Crippen molar-refractivity contribution in [2.24, 2.45) is 5.90 Å². The molecule has 0 heterocycles. The molecule has 0 aliphatic heterocycles. The van der Waals surface area contributed by atoms with Gasteiger partial charge in [0.25, 0.3) is 0 Å². The van der Waals surface area contributed by atoms with E-state index in [-0.39, 0.29) is 0 Å². The molecule has 4 heteroatoms. The Bertz CT molecular complexity index is 364. The van der Waals surface area contributed by atoms with Crippen LogP contribution in [0.15, 0.2) is 6.07 Å². The normalized spacial score (nSPS) is 10.3. The quantitative estimate of drug-likeness (QED) is 0.776. The summed E-state index contributed by atoms with van der Waals surface area (Å²) in [7, 11) is 3.28. The molecule has 0 unspecified atom stereocenters. The van der Waals surface area contributed by atoms with Crippen LogP contribution in [0.25, 0.3) is 0 Å². The van der Waals surface area contributed by atoms with Gasteiger partial charge in [-0.2, -0.15) is 0 Å². The summed E-state index contributed by atoms with van der Waals surface area (Å²) in [6, 6.07) is 2.08. The molecular formula is C12H19NO3. The van der Waals surface area contributed by atoms with Crippen molar-refractivity contribution in [3.05, 3.63) is 22.8 Å². The van der Waals surface area contributed by atoms with E-state index in [2.05, 4.69) is 10.9 Å². The highest BCUT2D eigenvalue weighted by molar-refractivity contribution is 5.54. The van der Waals surface area contributed by atoms with Gasteiger partial charge in [0.2, 0.25) is 0 Å². The van der Waals surface area contributed by atoms with Gasteiger partial charge in [-0.25, -0.2) is 5.90 Å². The van der Waals surface area contributed by atoms with Crippen molar-refractivity contribution in [1.29, 1.82) is 0 Å². The number of hydrogen-bond acceptors (Lipinski definition) is 4. The van der Waals surface area contributed by atoms with Crippen molar-refractivity contribution in [1.82, 2.24) is 0 Å². The standard InChI is InChI=1S/C12H19NO3/c1-8-7-10(5-6-16-13)12(15-4)11(14-3)9(8)2/h7H,5-6,13H2,1-4H3. The predicted molar refractivity (Wildman–Crippen MR) is 62.9 cm³/mol. The number of aryl methyl sites for hydroxylation is 1. The van der Waals surface area contributed by atoms with E-state index >= 15 is 0 Å². The fraction of sp³-hybridized carbons (Fsp3) is 0.500. The summed E-state index contributed by atoms with van der Waals surface area (Å²) in [6.07, 6.45) is 0.706. The zero-order valence-electron chi connectivity index (χ0n) is 10.3. The zero-order valence-corrected chi connectivity index (χ0v) is 10.3. The molecule has 0 saturated carbocycles. The number of nitrogens with two attached hydrogens (primary N) is 1. The van der Waals surface area contributed by atoms with Crippen LogP contribution >= 0.6 is 0 Å². The lowest BCUT2D eigenvalue weighted by atomic mass is 10.0. The highest BCUT2D eigenvalue weighted by Crippen LogP contribution is 2.36. The predicted octanol–water partition coefficient (Wildman–Crippen LogP) is 1.75. The van der Waals surface area contributed by atoms with E-state index < -0.39 is 0 Å². The molecule has 0 aliphatic carbocycles. The maximum absolute atomic E-state index is 5.38. The van der Waals surface area contributed by atoms with Crippen LogP contribution < -0.4 is 15.4 Å². The molecule has 0 amide bonds. The maximum Gasteiger partial charge on any atom is 0.164 e. The van der Waals surface area contributed by atoms with Gasteiger partial charge in [0.05, 0.1) is 20.8 Å². The van der Waals surface area contributed by atoms with Crippen LogP contribution in [0, 0.1) is 13.8 Å². The Hall–Kier alpha value is -1.26. The Morgan fingerprint density at radius 1 is 1.12 bits per heavy atom. The summed E-state index contributed by atoms with van der Waals surface area (Å²) in [5.41, 5.74) is 3.31. The summed E-state index contributed by atoms with van der Waals surface area (Å²) >= 11 is 0. The van der Waals surface area contributed by atoms with Crippen LogP contribution in [0.1, 0.15) is 16.7 Å². The average molecular weight is 225 g/mol. The summed E-state index contributed by atoms with van der Waals surface area (Å²) in [6.45, 7) is 4.52. The largest absolute Gasteiger partial charge is 0.493 e. The van der Waals surface area contributed by atoms with Gasteiger partial charge < -0.3 is 14.3 Å². The molecule has 1 aromatic carbocycles. The van der Waals surface area contributed by atoms with Crippen molar-refractivity contribution in [2.75, 3.05) is 20.8 Å². The molecule has 90 valence electrons. The number of methoxy groups -OCH3 is 2. The smallest absolute Gasteiger partial charge is 0.164 e. The van der Waals surface area contributed by atoms with E-state index in [1.54, 1.807) is 14.2 Å². The van der Waals surface area contributed by atoms with Gasteiger partial charge in [-0.05, 0) is 25.0 Å². The fourth-order valence-corrected chi connectivity index (χ4v) is 1.75. The van der Waals surface area contributed by atoms with E-state index in [1.165, 1.54) is 5.56 Å². The minimum Gasteiger partial charge on any atom is -0.493 e. The van der Waals surface area contributed by atoms with Gasteiger partial charge in [-0.3, -0.25) is 0 Å². The Morgan fingerprint density at radius 3 is 2.25 bits per heavy atom. The summed E-state index contributed by atoms with van der Waals surface area (Å²) in [4.78, 5) is 4.59. The van der Waals surface area contributed by atoms with Crippen molar-refractivity contribution < 1.29 is 14.3 Å². The van der Waals surface area contributed by atoms with E-state index in [9.17, 15) is 0 Å². The van der Waals surface area contributed by atoms with Crippen LogP contribution in [0.3, 0.4) is 0 Å². The van der Waals surface area contributed by atoms with Crippen LogP contribution in [0.2, 0.25) is 0 Å². The third-order valence-electron chi connectivity index (χ3n) is 2.72. The Labute approximate surface area is 96.3 Å². The Balaban J connectivity index is 3.20. The third kappa shape index (κ3) is 2.46. The molecule has 0 fully saturated rings. The SMILES string of the molecule is COc1c(CCON)cc(C)c(C)c1OC. The second-order valence-electron chi connectivity index (χ2n) is 3.66. The number of hydrogen-bond donors (Lipinski definition) is 1. The molecule has 0 radical (unpaired) electrons. The molecule has 0 aromatic heterocycles. The lowest BCUT2D eigenvalue weighted by Crippen LogP contribution is -2.06. The molecule has 2 N–H and O–H groups in total. The minimum atomic E-state index is 0.460. The van der Waals surface area contributed by atoms with Gasteiger partial charge in [-0.15, -0.1) is 0 Å². The molecule has 4 nitrogen and oxygen atoms in total. The third-order valence-corrected chi connectivity index (χ3v) is 2.72. The van der Waals surface area contributed by atoms with E-state index in [0.29, 0.717) is 13.0 Å². The van der Waals surface area contributed by atoms with Crippen LogP contribution in [0.4, 0.5) is 0 Å². The van der Waals surface area contributed by atoms with Gasteiger partial charge in [0, 0.05) is 12.0 Å². The van der Waals surface area contributed by atoms with Crippen molar-refractivity contribution in [3.63, 3.8) is 0 Å². The van der Waals surface area contributed by atoms with Gasteiger partial charge >= 0.3 is 0 Å². The molecule has 0 atom stereocenters. The number of benzene rings is 1. The summed E-state index contributed by atoms with van der Waals surface area (Å²) in [5, 5.41) is 0. The molecule has 0 saturated heterocycles. The molecule has 0 bridgehead atoms. The topological polar surface area (TPSA) is 53.7 Å². The first-order valence-corrected chi connectivity index (χ1v) is 5.18. The van der Waals surface area contributed by atoms with Crippen molar-refractivity contribution >= 4 is 0 Å². The zero-order chi connectivity index (χ0) is 12.1.